The molecule has 0 saturated heterocycles. The van der Waals surface area contributed by atoms with Crippen LogP contribution in [0.1, 0.15) is 25.8 Å². The standard InChI is InChI=1S/C13H18O4/c1-13(2,16)8-7-10-3-5-11(6-4-10)17-9-12(14)15/h3-6,16H,7-9H2,1-2H3,(H,14,15). The van der Waals surface area contributed by atoms with E-state index in [1.165, 1.54) is 0 Å². The van der Waals surface area contributed by atoms with E-state index in [-0.39, 0.29) is 6.61 Å². The number of carboxylic acids is 1. The van der Waals surface area contributed by atoms with E-state index >= 15 is 0 Å². The van der Waals surface area contributed by atoms with Crippen LogP contribution in [0, 0.1) is 0 Å². The predicted octanol–water partition coefficient (Wildman–Crippen LogP) is 1.85. The summed E-state index contributed by atoms with van der Waals surface area (Å²) in [5, 5.41) is 18.0. The van der Waals surface area contributed by atoms with Crippen LogP contribution in [0.15, 0.2) is 24.3 Å². The highest BCUT2D eigenvalue weighted by Crippen LogP contribution is 2.16. The largest absolute Gasteiger partial charge is 0.482 e. The van der Waals surface area contributed by atoms with Crippen molar-refractivity contribution >= 4 is 5.97 Å². The van der Waals surface area contributed by atoms with Gasteiger partial charge in [-0.2, -0.15) is 0 Å². The lowest BCUT2D eigenvalue weighted by Gasteiger charge is -2.16. The van der Waals surface area contributed by atoms with E-state index in [9.17, 15) is 9.90 Å². The molecule has 17 heavy (non-hydrogen) atoms. The van der Waals surface area contributed by atoms with E-state index in [4.69, 9.17) is 9.84 Å². The minimum Gasteiger partial charge on any atom is -0.482 e. The van der Waals surface area contributed by atoms with E-state index in [2.05, 4.69) is 0 Å². The molecule has 1 rings (SSSR count). The molecule has 1 aromatic carbocycles. The van der Waals surface area contributed by atoms with Crippen molar-refractivity contribution in [2.75, 3.05) is 6.61 Å². The van der Waals surface area contributed by atoms with Crippen molar-refractivity contribution in [2.45, 2.75) is 32.3 Å². The molecule has 0 radical (unpaired) electrons. The molecule has 0 atom stereocenters. The van der Waals surface area contributed by atoms with Crippen LogP contribution in [-0.4, -0.2) is 28.4 Å². The molecule has 94 valence electrons. The SMILES string of the molecule is CC(C)(O)CCc1ccc(OCC(=O)O)cc1. The number of aliphatic hydroxyl groups is 1. The van der Waals surface area contributed by atoms with Crippen molar-refractivity contribution in [3.63, 3.8) is 0 Å². The lowest BCUT2D eigenvalue weighted by Crippen LogP contribution is -2.19. The second kappa shape index (κ2) is 5.68. The third-order valence-electron chi connectivity index (χ3n) is 2.31. The minimum atomic E-state index is -0.990. The third-order valence-corrected chi connectivity index (χ3v) is 2.31. The number of hydrogen-bond donors (Lipinski definition) is 2. The molecule has 0 saturated carbocycles. The van der Waals surface area contributed by atoms with Crippen molar-refractivity contribution in [3.05, 3.63) is 29.8 Å². The molecule has 0 aromatic heterocycles. The summed E-state index contributed by atoms with van der Waals surface area (Å²) >= 11 is 0. The van der Waals surface area contributed by atoms with Gasteiger partial charge in [-0.25, -0.2) is 4.79 Å². The number of carbonyl (C=O) groups is 1. The fourth-order valence-corrected chi connectivity index (χ4v) is 1.35. The summed E-state index contributed by atoms with van der Waals surface area (Å²) in [4.78, 5) is 10.3. The zero-order valence-electron chi connectivity index (χ0n) is 10.1. The summed E-state index contributed by atoms with van der Waals surface area (Å²) in [7, 11) is 0. The van der Waals surface area contributed by atoms with Crippen LogP contribution in [-0.2, 0) is 11.2 Å². The molecule has 0 aliphatic carbocycles. The average molecular weight is 238 g/mol. The van der Waals surface area contributed by atoms with Crippen LogP contribution in [0.2, 0.25) is 0 Å². The summed E-state index contributed by atoms with van der Waals surface area (Å²) in [5.41, 5.74) is 0.424. The molecule has 1 aromatic rings. The van der Waals surface area contributed by atoms with E-state index in [1.807, 2.05) is 12.1 Å². The van der Waals surface area contributed by atoms with Gasteiger partial charge in [0.25, 0.3) is 0 Å². The average Bonchev–Trinajstić information content (AvgIpc) is 2.24. The van der Waals surface area contributed by atoms with E-state index < -0.39 is 11.6 Å². The minimum absolute atomic E-state index is 0.330. The summed E-state index contributed by atoms with van der Waals surface area (Å²) in [6, 6.07) is 7.23. The topological polar surface area (TPSA) is 66.8 Å². The first-order valence-corrected chi connectivity index (χ1v) is 5.53. The second-order valence-corrected chi connectivity index (χ2v) is 4.64. The van der Waals surface area contributed by atoms with Gasteiger partial charge >= 0.3 is 5.97 Å². The quantitative estimate of drug-likeness (QED) is 0.793. The molecule has 0 bridgehead atoms. The molecule has 0 aliphatic rings. The normalized spacial score (nSPS) is 11.2. The van der Waals surface area contributed by atoms with Gasteiger partial charge in [0.15, 0.2) is 6.61 Å². The molecule has 0 aliphatic heterocycles. The van der Waals surface area contributed by atoms with Crippen LogP contribution < -0.4 is 4.74 Å². The number of aryl methyl sites for hydroxylation is 1. The van der Waals surface area contributed by atoms with Crippen LogP contribution >= 0.6 is 0 Å². The maximum absolute atomic E-state index is 10.3. The van der Waals surface area contributed by atoms with Gasteiger partial charge < -0.3 is 14.9 Å². The number of ether oxygens (including phenoxy) is 1. The highest BCUT2D eigenvalue weighted by atomic mass is 16.5. The Bertz CT molecular complexity index is 362. The molecule has 0 fully saturated rings. The van der Waals surface area contributed by atoms with Crippen molar-refractivity contribution < 1.29 is 19.7 Å². The molecule has 2 N–H and O–H groups in total. The zero-order chi connectivity index (χ0) is 12.9. The van der Waals surface area contributed by atoms with Gasteiger partial charge in [-0.1, -0.05) is 12.1 Å². The van der Waals surface area contributed by atoms with Crippen LogP contribution in [0.3, 0.4) is 0 Å². The predicted molar refractivity (Wildman–Crippen MR) is 64.2 cm³/mol. The fourth-order valence-electron chi connectivity index (χ4n) is 1.35. The molecule has 0 heterocycles. The molecule has 4 heteroatoms. The monoisotopic (exact) mass is 238 g/mol. The van der Waals surface area contributed by atoms with E-state index in [0.717, 1.165) is 12.0 Å². The lowest BCUT2D eigenvalue weighted by atomic mass is 9.99. The van der Waals surface area contributed by atoms with Crippen LogP contribution in [0.5, 0.6) is 5.75 Å². The summed E-state index contributed by atoms with van der Waals surface area (Å²) < 4.78 is 5.02. The number of hydrogen-bond acceptors (Lipinski definition) is 3. The summed E-state index contributed by atoms with van der Waals surface area (Å²) in [5.74, 6) is -0.449. The third kappa shape index (κ3) is 5.92. The van der Waals surface area contributed by atoms with Gasteiger partial charge in [0.2, 0.25) is 0 Å². The molecule has 0 unspecified atom stereocenters. The van der Waals surface area contributed by atoms with Gasteiger partial charge in [0.05, 0.1) is 5.60 Å². The zero-order valence-corrected chi connectivity index (χ0v) is 10.1. The Morgan fingerprint density at radius 1 is 1.29 bits per heavy atom. The van der Waals surface area contributed by atoms with Crippen molar-refractivity contribution in [3.8, 4) is 5.75 Å². The number of carboxylic acid groups (broad SMARTS) is 1. The highest BCUT2D eigenvalue weighted by molar-refractivity contribution is 5.68. The smallest absolute Gasteiger partial charge is 0.341 e. The van der Waals surface area contributed by atoms with Crippen molar-refractivity contribution in [1.82, 2.24) is 0 Å². The first-order valence-electron chi connectivity index (χ1n) is 5.53. The van der Waals surface area contributed by atoms with E-state index in [1.54, 1.807) is 26.0 Å². The Kier molecular flexibility index (Phi) is 4.52. The molecule has 0 amide bonds. The fraction of sp³-hybridized carbons (Fsp3) is 0.462. The number of benzene rings is 1. The van der Waals surface area contributed by atoms with Crippen molar-refractivity contribution in [2.24, 2.45) is 0 Å². The maximum atomic E-state index is 10.3. The number of aliphatic carboxylic acids is 1. The van der Waals surface area contributed by atoms with E-state index in [0.29, 0.717) is 12.2 Å². The molecular weight excluding hydrogens is 220 g/mol. The van der Waals surface area contributed by atoms with Crippen LogP contribution in [0.4, 0.5) is 0 Å². The first kappa shape index (κ1) is 13.5. The Morgan fingerprint density at radius 2 is 1.88 bits per heavy atom. The Balaban J connectivity index is 2.47. The van der Waals surface area contributed by atoms with Crippen LogP contribution in [0.25, 0.3) is 0 Å². The van der Waals surface area contributed by atoms with Gasteiger partial charge in [-0.05, 0) is 44.4 Å². The highest BCUT2D eigenvalue weighted by Gasteiger charge is 2.11. The van der Waals surface area contributed by atoms with Gasteiger partial charge in [-0.15, -0.1) is 0 Å². The van der Waals surface area contributed by atoms with Gasteiger partial charge in [-0.3, -0.25) is 0 Å². The van der Waals surface area contributed by atoms with Gasteiger partial charge in [0.1, 0.15) is 5.75 Å². The summed E-state index contributed by atoms with van der Waals surface area (Å²) in [6.45, 7) is 3.22. The maximum Gasteiger partial charge on any atom is 0.341 e. The van der Waals surface area contributed by atoms with Crippen molar-refractivity contribution in [1.29, 1.82) is 0 Å². The molecular formula is C13H18O4. The first-order chi connectivity index (χ1) is 7.87. The Hall–Kier alpha value is -1.55. The molecule has 4 nitrogen and oxygen atoms in total. The lowest BCUT2D eigenvalue weighted by molar-refractivity contribution is -0.139. The number of rotatable bonds is 6. The second-order valence-electron chi connectivity index (χ2n) is 4.64. The Labute approximate surface area is 101 Å². The Morgan fingerprint density at radius 3 is 2.35 bits per heavy atom. The van der Waals surface area contributed by atoms with Gasteiger partial charge in [0, 0.05) is 0 Å². The molecule has 0 spiro atoms. The summed E-state index contributed by atoms with van der Waals surface area (Å²) in [6.07, 6.45) is 1.46.